The van der Waals surface area contributed by atoms with Crippen LogP contribution in [0.2, 0.25) is 0 Å². The van der Waals surface area contributed by atoms with Gasteiger partial charge in [0.05, 0.1) is 0 Å². The Bertz CT molecular complexity index is 373. The van der Waals surface area contributed by atoms with Gasteiger partial charge >= 0.3 is 5.97 Å². The van der Waals surface area contributed by atoms with Gasteiger partial charge in [-0.1, -0.05) is 20.8 Å². The molecule has 3 rings (SSSR count). The number of rotatable bonds is 1. The van der Waals surface area contributed by atoms with Crippen LogP contribution in [0.1, 0.15) is 59.8 Å². The van der Waals surface area contributed by atoms with E-state index in [0.29, 0.717) is 16.7 Å². The first-order chi connectivity index (χ1) is 8.34. The molecule has 0 radical (unpaired) electrons. The molecule has 0 N–H and O–H groups in total. The van der Waals surface area contributed by atoms with Gasteiger partial charge in [-0.25, -0.2) is 0 Å². The van der Waals surface area contributed by atoms with E-state index in [0.717, 1.165) is 18.3 Å². The highest BCUT2D eigenvalue weighted by Gasteiger charge is 2.65. The van der Waals surface area contributed by atoms with Crippen LogP contribution in [0.3, 0.4) is 0 Å². The molecule has 2 nitrogen and oxygen atoms in total. The summed E-state index contributed by atoms with van der Waals surface area (Å²) < 4.78 is 5.62. The topological polar surface area (TPSA) is 26.3 Å². The quantitative estimate of drug-likeness (QED) is 0.662. The summed E-state index contributed by atoms with van der Waals surface area (Å²) in [4.78, 5) is 11.3. The maximum absolute atomic E-state index is 11.3. The maximum Gasteiger partial charge on any atom is 0.302 e. The molecule has 3 aliphatic rings. The summed E-state index contributed by atoms with van der Waals surface area (Å²) in [5.41, 5.74) is 0.967. The second kappa shape index (κ2) is 3.74. The Morgan fingerprint density at radius 3 is 2.56 bits per heavy atom. The molecule has 0 aromatic heterocycles. The lowest BCUT2D eigenvalue weighted by atomic mass is 9.59. The molecule has 0 unspecified atom stereocenters. The van der Waals surface area contributed by atoms with Crippen molar-refractivity contribution in [3.05, 3.63) is 0 Å². The summed E-state index contributed by atoms with van der Waals surface area (Å²) in [6.45, 7) is 8.84. The number of esters is 1. The van der Waals surface area contributed by atoms with Gasteiger partial charge in [-0.3, -0.25) is 4.79 Å². The summed E-state index contributed by atoms with van der Waals surface area (Å²) in [7, 11) is 0. The summed E-state index contributed by atoms with van der Waals surface area (Å²) >= 11 is 0. The zero-order valence-electron chi connectivity index (χ0n) is 12.2. The first kappa shape index (κ1) is 12.5. The molecule has 0 saturated heterocycles. The van der Waals surface area contributed by atoms with Crippen molar-refractivity contribution >= 4 is 5.97 Å². The van der Waals surface area contributed by atoms with Crippen LogP contribution in [-0.4, -0.2) is 12.1 Å². The molecule has 0 spiro atoms. The Hall–Kier alpha value is -0.530. The molecule has 0 bridgehead atoms. The molecule has 0 heterocycles. The SMILES string of the molecule is CC(=O)O[C@H]1CCC[C@@]2(C)C[C@H]3[C@@H](C[C@@H]12)C3(C)C. The minimum atomic E-state index is -0.0959. The van der Waals surface area contributed by atoms with Crippen LogP contribution in [0, 0.1) is 28.6 Å². The zero-order valence-corrected chi connectivity index (χ0v) is 12.2. The lowest BCUT2D eigenvalue weighted by Gasteiger charge is -2.48. The van der Waals surface area contributed by atoms with E-state index in [4.69, 9.17) is 4.74 Å². The fourth-order valence-corrected chi connectivity index (χ4v) is 5.09. The standard InChI is InChI=1S/C16H26O2/c1-10(17)18-14-6-5-7-16(4)9-13-11(8-12(14)16)15(13,2)3/h11-14H,5-9H2,1-4H3/t11-,12+,13+,14+,16+/m1/s1. The third-order valence-electron chi connectivity index (χ3n) is 6.38. The predicted octanol–water partition coefficient (Wildman–Crippen LogP) is 3.79. The Morgan fingerprint density at radius 1 is 1.17 bits per heavy atom. The van der Waals surface area contributed by atoms with Crippen LogP contribution >= 0.6 is 0 Å². The van der Waals surface area contributed by atoms with Gasteiger partial charge in [0, 0.05) is 12.8 Å². The van der Waals surface area contributed by atoms with Gasteiger partial charge in [-0.2, -0.15) is 0 Å². The molecule has 0 aliphatic heterocycles. The van der Waals surface area contributed by atoms with Crippen LogP contribution in [0.5, 0.6) is 0 Å². The third-order valence-corrected chi connectivity index (χ3v) is 6.38. The van der Waals surface area contributed by atoms with E-state index in [2.05, 4.69) is 20.8 Å². The fourth-order valence-electron chi connectivity index (χ4n) is 5.09. The van der Waals surface area contributed by atoms with Crippen LogP contribution in [-0.2, 0) is 9.53 Å². The minimum Gasteiger partial charge on any atom is -0.462 e. The van der Waals surface area contributed by atoms with E-state index < -0.39 is 0 Å². The van der Waals surface area contributed by atoms with Crippen LogP contribution in [0.4, 0.5) is 0 Å². The number of carbonyl (C=O) groups excluding carboxylic acids is 1. The first-order valence-corrected chi connectivity index (χ1v) is 7.52. The molecular formula is C16H26O2. The number of hydrogen-bond donors (Lipinski definition) is 0. The average molecular weight is 250 g/mol. The van der Waals surface area contributed by atoms with Crippen molar-refractivity contribution in [1.29, 1.82) is 0 Å². The molecule has 3 fully saturated rings. The largest absolute Gasteiger partial charge is 0.462 e. The van der Waals surface area contributed by atoms with E-state index in [-0.39, 0.29) is 12.1 Å². The Kier molecular flexibility index (Phi) is 2.60. The summed E-state index contributed by atoms with van der Waals surface area (Å²) in [6.07, 6.45) is 6.47. The molecule has 3 saturated carbocycles. The number of hydrogen-bond acceptors (Lipinski definition) is 2. The maximum atomic E-state index is 11.3. The lowest BCUT2D eigenvalue weighted by Crippen LogP contribution is -2.44. The molecule has 5 atom stereocenters. The number of ether oxygens (including phenoxy) is 1. The normalized spacial score (nSPS) is 48.9. The van der Waals surface area contributed by atoms with Crippen molar-refractivity contribution in [2.75, 3.05) is 0 Å². The predicted molar refractivity (Wildman–Crippen MR) is 71.0 cm³/mol. The first-order valence-electron chi connectivity index (χ1n) is 7.52. The second-order valence-electron chi connectivity index (χ2n) is 7.77. The molecular weight excluding hydrogens is 224 g/mol. The third kappa shape index (κ3) is 1.71. The number of fused-ring (bicyclic) bond motifs is 2. The smallest absolute Gasteiger partial charge is 0.302 e. The molecule has 18 heavy (non-hydrogen) atoms. The average Bonchev–Trinajstić information content (AvgIpc) is 2.76. The van der Waals surface area contributed by atoms with Gasteiger partial charge < -0.3 is 4.74 Å². The lowest BCUT2D eigenvalue weighted by molar-refractivity contribution is -0.157. The van der Waals surface area contributed by atoms with Gasteiger partial charge in [0.25, 0.3) is 0 Å². The van der Waals surface area contributed by atoms with E-state index in [1.807, 2.05) is 0 Å². The Balaban J connectivity index is 1.81. The molecule has 3 aliphatic carbocycles. The van der Waals surface area contributed by atoms with E-state index in [9.17, 15) is 4.79 Å². The highest BCUT2D eigenvalue weighted by molar-refractivity contribution is 5.66. The van der Waals surface area contributed by atoms with E-state index in [1.165, 1.54) is 25.7 Å². The fraction of sp³-hybridized carbons (Fsp3) is 0.938. The van der Waals surface area contributed by atoms with Crippen LogP contribution in [0.25, 0.3) is 0 Å². The molecule has 0 amide bonds. The van der Waals surface area contributed by atoms with E-state index in [1.54, 1.807) is 6.92 Å². The van der Waals surface area contributed by atoms with E-state index >= 15 is 0 Å². The van der Waals surface area contributed by atoms with Crippen molar-refractivity contribution in [2.24, 2.45) is 28.6 Å². The molecule has 102 valence electrons. The monoisotopic (exact) mass is 250 g/mol. The molecule has 0 aromatic carbocycles. The summed E-state index contributed by atoms with van der Waals surface area (Å²) in [5.74, 6) is 2.32. The summed E-state index contributed by atoms with van der Waals surface area (Å²) in [5, 5.41) is 0. The van der Waals surface area contributed by atoms with Gasteiger partial charge in [-0.15, -0.1) is 0 Å². The van der Waals surface area contributed by atoms with Gasteiger partial charge in [0.2, 0.25) is 0 Å². The second-order valence-corrected chi connectivity index (χ2v) is 7.77. The number of carbonyl (C=O) groups is 1. The van der Waals surface area contributed by atoms with Crippen LogP contribution < -0.4 is 0 Å². The van der Waals surface area contributed by atoms with Gasteiger partial charge in [-0.05, 0) is 54.8 Å². The Morgan fingerprint density at radius 2 is 1.89 bits per heavy atom. The minimum absolute atomic E-state index is 0.0959. The van der Waals surface area contributed by atoms with Crippen molar-refractivity contribution in [3.63, 3.8) is 0 Å². The highest BCUT2D eigenvalue weighted by atomic mass is 16.5. The highest BCUT2D eigenvalue weighted by Crippen LogP contribution is 2.71. The summed E-state index contributed by atoms with van der Waals surface area (Å²) in [6, 6.07) is 0. The molecule has 2 heteroatoms. The zero-order chi connectivity index (χ0) is 13.1. The van der Waals surface area contributed by atoms with Crippen molar-refractivity contribution in [3.8, 4) is 0 Å². The van der Waals surface area contributed by atoms with Crippen molar-refractivity contribution in [2.45, 2.75) is 65.9 Å². The van der Waals surface area contributed by atoms with Gasteiger partial charge in [0.15, 0.2) is 0 Å². The van der Waals surface area contributed by atoms with Crippen LogP contribution in [0.15, 0.2) is 0 Å². The van der Waals surface area contributed by atoms with Gasteiger partial charge in [0.1, 0.15) is 6.10 Å². The van der Waals surface area contributed by atoms with Crippen molar-refractivity contribution < 1.29 is 9.53 Å². The Labute approximate surface area is 110 Å². The van der Waals surface area contributed by atoms with Crippen molar-refractivity contribution in [1.82, 2.24) is 0 Å². The molecule has 0 aromatic rings.